The lowest BCUT2D eigenvalue weighted by atomic mass is 9.95. The monoisotopic (exact) mass is 353 g/mol. The van der Waals surface area contributed by atoms with Gasteiger partial charge >= 0.3 is 5.97 Å². The number of amides is 1. The van der Waals surface area contributed by atoms with Crippen LogP contribution in [0.5, 0.6) is 5.75 Å². The predicted octanol–water partition coefficient (Wildman–Crippen LogP) is 3.74. The Bertz CT molecular complexity index is 831. The Morgan fingerprint density at radius 1 is 1.19 bits per heavy atom. The average Bonchev–Trinajstić information content (AvgIpc) is 3.11. The molecule has 2 aromatic carbocycles. The van der Waals surface area contributed by atoms with Gasteiger partial charge in [-0.3, -0.25) is 4.79 Å². The highest BCUT2D eigenvalue weighted by Gasteiger charge is 2.31. The fraction of sp³-hybridized carbons (Fsp3) is 0.333. The van der Waals surface area contributed by atoms with Crippen molar-refractivity contribution in [1.82, 2.24) is 4.90 Å². The first-order valence-corrected chi connectivity index (χ1v) is 8.79. The van der Waals surface area contributed by atoms with Crippen LogP contribution in [0.4, 0.5) is 0 Å². The van der Waals surface area contributed by atoms with Crippen LogP contribution < -0.4 is 4.74 Å². The Labute approximate surface area is 153 Å². The molecule has 26 heavy (non-hydrogen) atoms. The van der Waals surface area contributed by atoms with Gasteiger partial charge in [-0.1, -0.05) is 24.3 Å². The molecule has 0 aliphatic carbocycles. The van der Waals surface area contributed by atoms with E-state index < -0.39 is 12.6 Å². The first-order valence-electron chi connectivity index (χ1n) is 8.79. The number of benzene rings is 2. The molecule has 5 nitrogen and oxygen atoms in total. The number of rotatable bonds is 5. The van der Waals surface area contributed by atoms with E-state index in [-0.39, 0.29) is 11.9 Å². The van der Waals surface area contributed by atoms with Crippen molar-refractivity contribution in [1.29, 1.82) is 0 Å². The molecule has 1 fully saturated rings. The average molecular weight is 353 g/mol. The Balaban J connectivity index is 1.83. The lowest BCUT2D eigenvalue weighted by molar-refractivity contribution is -0.139. The van der Waals surface area contributed by atoms with Crippen molar-refractivity contribution in [2.24, 2.45) is 0 Å². The third-order valence-electron chi connectivity index (χ3n) is 4.96. The van der Waals surface area contributed by atoms with Gasteiger partial charge in [-0.05, 0) is 61.6 Å². The SMILES string of the molecule is Cc1cccc(C2CCCN2C(=O)c2cccc(OCC(=O)O)c2)c1C. The Morgan fingerprint density at radius 2 is 1.96 bits per heavy atom. The smallest absolute Gasteiger partial charge is 0.341 e. The maximum Gasteiger partial charge on any atom is 0.341 e. The standard InChI is InChI=1S/C21H23NO4/c1-14-6-3-9-18(15(14)2)19-10-5-11-22(19)21(25)16-7-4-8-17(12-16)26-13-20(23)24/h3-4,6-9,12,19H,5,10-11,13H2,1-2H3,(H,23,24). The Hall–Kier alpha value is -2.82. The Morgan fingerprint density at radius 3 is 2.73 bits per heavy atom. The van der Waals surface area contributed by atoms with E-state index in [9.17, 15) is 9.59 Å². The van der Waals surface area contributed by atoms with Crippen molar-refractivity contribution >= 4 is 11.9 Å². The molecular weight excluding hydrogens is 330 g/mol. The summed E-state index contributed by atoms with van der Waals surface area (Å²) in [6.45, 7) is 4.48. The quantitative estimate of drug-likeness (QED) is 0.889. The van der Waals surface area contributed by atoms with Gasteiger partial charge in [0.05, 0.1) is 6.04 Å². The van der Waals surface area contributed by atoms with Crippen LogP contribution in [-0.2, 0) is 4.79 Å². The summed E-state index contributed by atoms with van der Waals surface area (Å²) in [5.41, 5.74) is 4.18. The lowest BCUT2D eigenvalue weighted by Gasteiger charge is -2.27. The summed E-state index contributed by atoms with van der Waals surface area (Å²) in [4.78, 5) is 25.6. The second-order valence-corrected chi connectivity index (χ2v) is 6.66. The molecule has 0 aromatic heterocycles. The Kier molecular flexibility index (Phi) is 5.26. The van der Waals surface area contributed by atoms with E-state index >= 15 is 0 Å². The predicted molar refractivity (Wildman–Crippen MR) is 98.5 cm³/mol. The van der Waals surface area contributed by atoms with Gasteiger partial charge in [-0.2, -0.15) is 0 Å². The van der Waals surface area contributed by atoms with Gasteiger partial charge in [0, 0.05) is 12.1 Å². The van der Waals surface area contributed by atoms with E-state index in [1.54, 1.807) is 24.3 Å². The molecule has 2 aromatic rings. The molecule has 1 atom stereocenters. The molecule has 1 heterocycles. The zero-order valence-electron chi connectivity index (χ0n) is 15.1. The number of carboxylic acids is 1. The van der Waals surface area contributed by atoms with Crippen molar-refractivity contribution in [2.45, 2.75) is 32.7 Å². The van der Waals surface area contributed by atoms with Gasteiger partial charge in [0.1, 0.15) is 5.75 Å². The van der Waals surface area contributed by atoms with Gasteiger partial charge in [0.2, 0.25) is 0 Å². The fourth-order valence-corrected chi connectivity index (χ4v) is 3.50. The highest BCUT2D eigenvalue weighted by Crippen LogP contribution is 2.35. The molecule has 0 spiro atoms. The molecule has 5 heteroatoms. The van der Waals surface area contributed by atoms with E-state index in [0.717, 1.165) is 19.4 Å². The summed E-state index contributed by atoms with van der Waals surface area (Å²) >= 11 is 0. The van der Waals surface area contributed by atoms with Gasteiger partial charge in [0.15, 0.2) is 6.61 Å². The minimum atomic E-state index is -1.05. The first kappa shape index (κ1) is 18.0. The van der Waals surface area contributed by atoms with Gasteiger partial charge in [-0.15, -0.1) is 0 Å². The van der Waals surface area contributed by atoms with Crippen molar-refractivity contribution < 1.29 is 19.4 Å². The van der Waals surface area contributed by atoms with Crippen molar-refractivity contribution in [3.05, 3.63) is 64.7 Å². The van der Waals surface area contributed by atoms with Crippen LogP contribution in [-0.4, -0.2) is 35.0 Å². The summed E-state index contributed by atoms with van der Waals surface area (Å²) in [5.74, 6) is -0.703. The molecule has 3 rings (SSSR count). The summed E-state index contributed by atoms with van der Waals surface area (Å²) in [7, 11) is 0. The van der Waals surface area contributed by atoms with Crippen LogP contribution >= 0.6 is 0 Å². The molecule has 0 saturated carbocycles. The normalized spacial score (nSPS) is 16.5. The molecule has 1 aliphatic heterocycles. The summed E-state index contributed by atoms with van der Waals surface area (Å²) in [5, 5.41) is 8.73. The van der Waals surface area contributed by atoms with Crippen LogP contribution in [0.1, 0.15) is 45.9 Å². The summed E-state index contributed by atoms with van der Waals surface area (Å²) in [6, 6.07) is 13.0. The second-order valence-electron chi connectivity index (χ2n) is 6.66. The van der Waals surface area contributed by atoms with E-state index in [1.165, 1.54) is 16.7 Å². The number of hydrogen-bond donors (Lipinski definition) is 1. The molecule has 0 bridgehead atoms. The fourth-order valence-electron chi connectivity index (χ4n) is 3.50. The highest BCUT2D eigenvalue weighted by atomic mass is 16.5. The topological polar surface area (TPSA) is 66.8 Å². The number of carbonyl (C=O) groups is 2. The van der Waals surface area contributed by atoms with Crippen molar-refractivity contribution in [2.75, 3.05) is 13.2 Å². The third kappa shape index (κ3) is 3.72. The number of likely N-dealkylation sites (tertiary alicyclic amines) is 1. The molecular formula is C21H23NO4. The lowest BCUT2D eigenvalue weighted by Crippen LogP contribution is -2.31. The molecule has 1 saturated heterocycles. The number of carboxylic acid groups (broad SMARTS) is 1. The zero-order chi connectivity index (χ0) is 18.7. The number of ether oxygens (including phenoxy) is 1. The van der Waals surface area contributed by atoms with Gasteiger partial charge < -0.3 is 14.7 Å². The largest absolute Gasteiger partial charge is 0.482 e. The number of aryl methyl sites for hydroxylation is 1. The maximum atomic E-state index is 13.1. The third-order valence-corrected chi connectivity index (χ3v) is 4.96. The maximum absolute atomic E-state index is 13.1. The number of aliphatic carboxylic acids is 1. The molecule has 1 amide bonds. The van der Waals surface area contributed by atoms with Gasteiger partial charge in [0.25, 0.3) is 5.91 Å². The summed E-state index contributed by atoms with van der Waals surface area (Å²) in [6.07, 6.45) is 1.92. The zero-order valence-corrected chi connectivity index (χ0v) is 15.1. The van der Waals surface area contributed by atoms with Crippen LogP contribution in [0.15, 0.2) is 42.5 Å². The van der Waals surface area contributed by atoms with Crippen molar-refractivity contribution in [3.8, 4) is 5.75 Å². The molecule has 1 unspecified atom stereocenters. The number of nitrogens with zero attached hydrogens (tertiary/aromatic N) is 1. The van der Waals surface area contributed by atoms with E-state index in [1.807, 2.05) is 11.0 Å². The van der Waals surface area contributed by atoms with E-state index in [2.05, 4.69) is 26.0 Å². The second kappa shape index (κ2) is 7.60. The van der Waals surface area contributed by atoms with E-state index in [4.69, 9.17) is 9.84 Å². The van der Waals surface area contributed by atoms with Crippen LogP contribution in [0.2, 0.25) is 0 Å². The number of hydrogen-bond acceptors (Lipinski definition) is 3. The van der Waals surface area contributed by atoms with Crippen LogP contribution in [0.3, 0.4) is 0 Å². The first-order chi connectivity index (χ1) is 12.5. The van der Waals surface area contributed by atoms with Crippen LogP contribution in [0.25, 0.3) is 0 Å². The summed E-state index contributed by atoms with van der Waals surface area (Å²) < 4.78 is 5.20. The molecule has 1 aliphatic rings. The molecule has 136 valence electrons. The molecule has 0 radical (unpaired) electrons. The van der Waals surface area contributed by atoms with Crippen LogP contribution in [0, 0.1) is 13.8 Å². The van der Waals surface area contributed by atoms with Crippen molar-refractivity contribution in [3.63, 3.8) is 0 Å². The number of carbonyl (C=O) groups excluding carboxylic acids is 1. The van der Waals surface area contributed by atoms with Gasteiger partial charge in [-0.25, -0.2) is 4.79 Å². The van der Waals surface area contributed by atoms with E-state index in [0.29, 0.717) is 11.3 Å². The molecule has 1 N–H and O–H groups in total. The minimum Gasteiger partial charge on any atom is -0.482 e. The highest BCUT2D eigenvalue weighted by molar-refractivity contribution is 5.95. The minimum absolute atomic E-state index is 0.0471.